The monoisotopic (exact) mass is 141 g/mol. The van der Waals surface area contributed by atoms with Crippen LogP contribution in [-0.2, 0) is 4.79 Å². The topological polar surface area (TPSA) is 49.3 Å². The Balaban J connectivity index is 3.58. The Morgan fingerprint density at radius 3 is 2.60 bits per heavy atom. The summed E-state index contributed by atoms with van der Waals surface area (Å²) in [5.74, 6) is 1.38. The lowest BCUT2D eigenvalue weighted by Crippen LogP contribution is -2.37. The third kappa shape index (κ3) is 5.13. The van der Waals surface area contributed by atoms with Crippen LogP contribution in [0.5, 0.6) is 0 Å². The maximum absolute atomic E-state index is 10.4. The first-order valence-electron chi connectivity index (χ1n) is 2.92. The average Bonchev–Trinajstić information content (AvgIpc) is 1.81. The van der Waals surface area contributed by atoms with Crippen molar-refractivity contribution in [3.05, 3.63) is 0 Å². The highest BCUT2D eigenvalue weighted by Gasteiger charge is 2.12. The summed E-state index contributed by atoms with van der Waals surface area (Å²) in [4.78, 5) is 10.4. The minimum atomic E-state index is -0.896. The number of rotatable bonds is 2. The van der Waals surface area contributed by atoms with Gasteiger partial charge < -0.3 is 10.4 Å². The van der Waals surface area contributed by atoms with E-state index in [1.54, 1.807) is 13.8 Å². The molecule has 3 nitrogen and oxygen atoms in total. The zero-order valence-corrected chi connectivity index (χ0v) is 6.14. The van der Waals surface area contributed by atoms with Crippen LogP contribution >= 0.6 is 0 Å². The molecule has 0 rings (SSSR count). The van der Waals surface area contributed by atoms with Gasteiger partial charge in [-0.15, -0.1) is 6.42 Å². The van der Waals surface area contributed by atoms with Crippen LogP contribution in [0, 0.1) is 12.3 Å². The molecule has 56 valence electrons. The van der Waals surface area contributed by atoms with Crippen molar-refractivity contribution in [3.8, 4) is 12.3 Å². The Hall–Kier alpha value is -1.01. The fraction of sp³-hybridized carbons (Fsp3) is 0.571. The van der Waals surface area contributed by atoms with Crippen LogP contribution in [0.25, 0.3) is 0 Å². The minimum absolute atomic E-state index is 0.177. The van der Waals surface area contributed by atoms with Crippen molar-refractivity contribution in [1.82, 2.24) is 5.32 Å². The van der Waals surface area contributed by atoms with Gasteiger partial charge in [0.2, 0.25) is 0 Å². The maximum Gasteiger partial charge on any atom is 0.295 e. The number of terminal acetylenes is 1. The van der Waals surface area contributed by atoms with E-state index >= 15 is 0 Å². The van der Waals surface area contributed by atoms with Gasteiger partial charge in [0.15, 0.2) is 0 Å². The molecule has 0 aliphatic carbocycles. The van der Waals surface area contributed by atoms with E-state index < -0.39 is 11.5 Å². The molecule has 0 heterocycles. The van der Waals surface area contributed by atoms with E-state index in [1.165, 1.54) is 0 Å². The number of amides is 1. The number of hydrogen-bond donors (Lipinski definition) is 2. The molecule has 0 spiro atoms. The smallest absolute Gasteiger partial charge is 0.295 e. The molecule has 3 heteroatoms. The Morgan fingerprint density at radius 2 is 2.30 bits per heavy atom. The molecule has 0 aliphatic rings. The fourth-order valence-corrected chi connectivity index (χ4v) is 0.348. The molecule has 0 aromatic carbocycles. The molecule has 0 aromatic heterocycles. The van der Waals surface area contributed by atoms with Gasteiger partial charge in [0.25, 0.3) is 5.91 Å². The van der Waals surface area contributed by atoms with Crippen LogP contribution in [0.4, 0.5) is 0 Å². The molecule has 0 saturated carbocycles. The summed E-state index contributed by atoms with van der Waals surface area (Å²) >= 11 is 0. The van der Waals surface area contributed by atoms with Crippen molar-refractivity contribution in [2.24, 2.45) is 0 Å². The number of aliphatic hydroxyl groups is 1. The van der Waals surface area contributed by atoms with E-state index in [1.807, 2.05) is 5.92 Å². The minimum Gasteiger partial charge on any atom is -0.389 e. The second kappa shape index (κ2) is 3.23. The molecule has 10 heavy (non-hydrogen) atoms. The van der Waals surface area contributed by atoms with Crippen molar-refractivity contribution in [2.45, 2.75) is 19.4 Å². The van der Waals surface area contributed by atoms with E-state index in [-0.39, 0.29) is 6.54 Å². The van der Waals surface area contributed by atoms with Crippen LogP contribution in [0.2, 0.25) is 0 Å². The summed E-state index contributed by atoms with van der Waals surface area (Å²) in [6.07, 6.45) is 4.76. The van der Waals surface area contributed by atoms with E-state index in [9.17, 15) is 4.79 Å². The highest BCUT2D eigenvalue weighted by Crippen LogP contribution is 1.96. The SMILES string of the molecule is C#CC(=O)NCC(C)(C)O. The van der Waals surface area contributed by atoms with Gasteiger partial charge in [-0.1, -0.05) is 0 Å². The Bertz CT molecular complexity index is 161. The van der Waals surface area contributed by atoms with Crippen LogP contribution < -0.4 is 5.32 Å². The first-order chi connectivity index (χ1) is 4.45. The quantitative estimate of drug-likeness (QED) is 0.510. The lowest BCUT2D eigenvalue weighted by atomic mass is 10.1. The van der Waals surface area contributed by atoms with E-state index in [0.717, 1.165) is 0 Å². The van der Waals surface area contributed by atoms with Gasteiger partial charge in [0.05, 0.1) is 5.60 Å². The highest BCUT2D eigenvalue weighted by molar-refractivity contribution is 5.92. The zero-order chi connectivity index (χ0) is 8.20. The molecular weight excluding hydrogens is 130 g/mol. The predicted molar refractivity (Wildman–Crippen MR) is 38.1 cm³/mol. The summed E-state index contributed by atoms with van der Waals surface area (Å²) in [6, 6.07) is 0. The highest BCUT2D eigenvalue weighted by atomic mass is 16.3. The van der Waals surface area contributed by atoms with Gasteiger partial charge in [-0.2, -0.15) is 0 Å². The fourth-order valence-electron chi connectivity index (χ4n) is 0.348. The van der Waals surface area contributed by atoms with Crippen molar-refractivity contribution in [1.29, 1.82) is 0 Å². The maximum atomic E-state index is 10.4. The Kier molecular flexibility index (Phi) is 2.91. The van der Waals surface area contributed by atoms with Crippen molar-refractivity contribution in [2.75, 3.05) is 6.54 Å². The van der Waals surface area contributed by atoms with Crippen molar-refractivity contribution >= 4 is 5.91 Å². The standard InChI is InChI=1S/C7H11NO2/c1-4-6(9)8-5-7(2,3)10/h1,10H,5H2,2-3H3,(H,8,9). The molecule has 0 bridgehead atoms. The number of nitrogens with one attached hydrogen (secondary N) is 1. The largest absolute Gasteiger partial charge is 0.389 e. The lowest BCUT2D eigenvalue weighted by Gasteiger charge is -2.15. The van der Waals surface area contributed by atoms with Crippen molar-refractivity contribution in [3.63, 3.8) is 0 Å². The second-order valence-electron chi connectivity index (χ2n) is 2.64. The van der Waals surface area contributed by atoms with Crippen LogP contribution in [-0.4, -0.2) is 23.2 Å². The first kappa shape index (κ1) is 8.99. The van der Waals surface area contributed by atoms with E-state index in [0.29, 0.717) is 0 Å². The lowest BCUT2D eigenvalue weighted by molar-refractivity contribution is -0.116. The molecule has 0 fully saturated rings. The van der Waals surface area contributed by atoms with Crippen LogP contribution in [0.3, 0.4) is 0 Å². The second-order valence-corrected chi connectivity index (χ2v) is 2.64. The van der Waals surface area contributed by atoms with Crippen LogP contribution in [0.15, 0.2) is 0 Å². The van der Waals surface area contributed by atoms with Gasteiger partial charge in [-0.25, -0.2) is 0 Å². The molecule has 0 radical (unpaired) electrons. The first-order valence-corrected chi connectivity index (χ1v) is 2.92. The third-order valence-electron chi connectivity index (χ3n) is 0.813. The summed E-state index contributed by atoms with van der Waals surface area (Å²) in [6.45, 7) is 3.35. The number of carbonyl (C=O) groups excluding carboxylic acids is 1. The molecule has 1 amide bonds. The number of hydrogen-bond acceptors (Lipinski definition) is 2. The van der Waals surface area contributed by atoms with E-state index in [4.69, 9.17) is 11.5 Å². The number of carbonyl (C=O) groups is 1. The Morgan fingerprint density at radius 1 is 1.80 bits per heavy atom. The third-order valence-corrected chi connectivity index (χ3v) is 0.813. The normalized spacial score (nSPS) is 10.2. The molecule has 0 aromatic rings. The molecule has 0 unspecified atom stereocenters. The summed E-state index contributed by atoms with van der Waals surface area (Å²) in [5, 5.41) is 11.4. The van der Waals surface area contributed by atoms with Crippen molar-refractivity contribution < 1.29 is 9.90 Å². The van der Waals surface area contributed by atoms with E-state index in [2.05, 4.69) is 5.32 Å². The van der Waals surface area contributed by atoms with Gasteiger partial charge >= 0.3 is 0 Å². The van der Waals surface area contributed by atoms with Gasteiger partial charge in [0, 0.05) is 6.54 Å². The summed E-state index contributed by atoms with van der Waals surface area (Å²) in [7, 11) is 0. The van der Waals surface area contributed by atoms with Gasteiger partial charge in [-0.05, 0) is 19.8 Å². The molecule has 0 aliphatic heterocycles. The molecule has 0 atom stereocenters. The molecule has 2 N–H and O–H groups in total. The average molecular weight is 141 g/mol. The van der Waals surface area contributed by atoms with Gasteiger partial charge in [0.1, 0.15) is 0 Å². The Labute approximate surface area is 60.4 Å². The molecular formula is C7H11NO2. The zero-order valence-electron chi connectivity index (χ0n) is 6.14. The summed E-state index contributed by atoms with van der Waals surface area (Å²) < 4.78 is 0. The predicted octanol–water partition coefficient (Wildman–Crippen LogP) is -0.493. The van der Waals surface area contributed by atoms with Crippen LogP contribution in [0.1, 0.15) is 13.8 Å². The van der Waals surface area contributed by atoms with Gasteiger partial charge in [-0.3, -0.25) is 4.79 Å². The molecule has 0 saturated heterocycles. The summed E-state index contributed by atoms with van der Waals surface area (Å²) in [5.41, 5.74) is -0.896.